The maximum absolute atomic E-state index is 6.25. The van der Waals surface area contributed by atoms with Crippen molar-refractivity contribution < 1.29 is 4.42 Å². The molecule has 1 heterocycles. The molecule has 0 saturated heterocycles. The lowest BCUT2D eigenvalue weighted by atomic mass is 10.0. The van der Waals surface area contributed by atoms with Gasteiger partial charge < -0.3 is 10.2 Å². The van der Waals surface area contributed by atoms with Crippen molar-refractivity contribution in [3.8, 4) is 0 Å². The Morgan fingerprint density at radius 1 is 1.32 bits per heavy atom. The summed E-state index contributed by atoms with van der Waals surface area (Å²) >= 11 is 0. The van der Waals surface area contributed by atoms with E-state index in [4.69, 9.17) is 10.2 Å². The summed E-state index contributed by atoms with van der Waals surface area (Å²) in [6.07, 6.45) is 3.83. The monoisotopic (exact) mass is 264 g/mol. The molecule has 1 aliphatic rings. The Bertz CT molecular complexity index is 393. The molecule has 2 atom stereocenters. The highest BCUT2D eigenvalue weighted by Gasteiger charge is 2.37. The summed E-state index contributed by atoms with van der Waals surface area (Å²) < 4.78 is 5.85. The average molecular weight is 264 g/mol. The summed E-state index contributed by atoms with van der Waals surface area (Å²) in [6, 6.07) is 5.16. The van der Waals surface area contributed by atoms with E-state index < -0.39 is 0 Å². The molecule has 1 aromatic rings. The minimum absolute atomic E-state index is 0.0957. The van der Waals surface area contributed by atoms with Crippen molar-refractivity contribution in [3.05, 3.63) is 23.7 Å². The molecule has 1 fully saturated rings. The van der Waals surface area contributed by atoms with Crippen LogP contribution in [0.3, 0.4) is 0 Å². The Morgan fingerprint density at radius 2 is 2.00 bits per heavy atom. The fourth-order valence-corrected chi connectivity index (χ4v) is 2.70. The van der Waals surface area contributed by atoms with Gasteiger partial charge in [0, 0.05) is 12.1 Å². The molecule has 3 nitrogen and oxygen atoms in total. The molecule has 2 unspecified atom stereocenters. The molecule has 3 heteroatoms. The lowest BCUT2D eigenvalue weighted by Gasteiger charge is -2.33. The average Bonchev–Trinajstić information content (AvgIpc) is 3.07. The summed E-state index contributed by atoms with van der Waals surface area (Å²) in [5.74, 6) is 2.73. The maximum atomic E-state index is 6.25. The number of nitrogens with two attached hydrogens (primary N) is 1. The first-order valence-corrected chi connectivity index (χ1v) is 7.56. The van der Waals surface area contributed by atoms with Crippen LogP contribution in [0.4, 0.5) is 0 Å². The number of furan rings is 1. The van der Waals surface area contributed by atoms with Gasteiger partial charge in [0.25, 0.3) is 0 Å². The van der Waals surface area contributed by atoms with Crippen LogP contribution in [0.15, 0.2) is 16.5 Å². The summed E-state index contributed by atoms with van der Waals surface area (Å²) in [5, 5.41) is 0. The summed E-state index contributed by atoms with van der Waals surface area (Å²) in [4.78, 5) is 2.57. The van der Waals surface area contributed by atoms with Crippen molar-refractivity contribution in [3.63, 3.8) is 0 Å². The molecule has 1 aromatic heterocycles. The van der Waals surface area contributed by atoms with Gasteiger partial charge in [-0.3, -0.25) is 4.90 Å². The topological polar surface area (TPSA) is 42.4 Å². The van der Waals surface area contributed by atoms with Crippen LogP contribution in [0.25, 0.3) is 0 Å². The van der Waals surface area contributed by atoms with Crippen molar-refractivity contribution in [1.29, 1.82) is 0 Å². The third-order valence-electron chi connectivity index (χ3n) is 3.89. The Kier molecular flexibility index (Phi) is 4.69. The largest absolute Gasteiger partial charge is 0.465 e. The third kappa shape index (κ3) is 3.83. The van der Waals surface area contributed by atoms with Crippen LogP contribution in [0.5, 0.6) is 0 Å². The molecule has 2 rings (SSSR count). The van der Waals surface area contributed by atoms with E-state index in [0.717, 1.165) is 24.0 Å². The number of aryl methyl sites for hydroxylation is 1. The predicted octanol–water partition coefficient (Wildman–Crippen LogP) is 3.49. The van der Waals surface area contributed by atoms with E-state index in [1.165, 1.54) is 19.3 Å². The van der Waals surface area contributed by atoms with Crippen LogP contribution < -0.4 is 5.73 Å². The van der Waals surface area contributed by atoms with Gasteiger partial charge >= 0.3 is 0 Å². The molecule has 0 amide bonds. The molecular weight excluding hydrogens is 236 g/mol. The Balaban J connectivity index is 2.14. The molecule has 0 aromatic carbocycles. The van der Waals surface area contributed by atoms with Gasteiger partial charge in [0.2, 0.25) is 0 Å². The zero-order valence-corrected chi connectivity index (χ0v) is 12.7. The van der Waals surface area contributed by atoms with E-state index in [9.17, 15) is 0 Å². The zero-order valence-electron chi connectivity index (χ0n) is 12.7. The van der Waals surface area contributed by atoms with Crippen LogP contribution in [-0.2, 0) is 0 Å². The van der Waals surface area contributed by atoms with E-state index in [0.29, 0.717) is 6.04 Å². The highest BCUT2D eigenvalue weighted by molar-refractivity contribution is 5.13. The zero-order chi connectivity index (χ0) is 14.0. The van der Waals surface area contributed by atoms with Crippen LogP contribution in [0, 0.1) is 12.8 Å². The van der Waals surface area contributed by atoms with Gasteiger partial charge in [-0.2, -0.15) is 0 Å². The maximum Gasteiger partial charge on any atom is 0.122 e. The summed E-state index contributed by atoms with van der Waals surface area (Å²) in [5.41, 5.74) is 6.25. The highest BCUT2D eigenvalue weighted by Crippen LogP contribution is 2.36. The number of nitrogens with zero attached hydrogens (tertiary/aromatic N) is 1. The second-order valence-electron chi connectivity index (χ2n) is 6.40. The Labute approximate surface area is 117 Å². The molecule has 19 heavy (non-hydrogen) atoms. The Hall–Kier alpha value is -0.800. The van der Waals surface area contributed by atoms with Crippen LogP contribution >= 0.6 is 0 Å². The molecule has 1 saturated carbocycles. The van der Waals surface area contributed by atoms with E-state index in [1.54, 1.807) is 0 Å². The quantitative estimate of drug-likeness (QED) is 0.819. The van der Waals surface area contributed by atoms with Crippen molar-refractivity contribution in [2.24, 2.45) is 11.7 Å². The SMILES string of the molecule is Cc1ccc(C(C(C)N)N(CCC(C)C)C2CC2)o1. The van der Waals surface area contributed by atoms with Crippen molar-refractivity contribution in [1.82, 2.24) is 4.90 Å². The van der Waals surface area contributed by atoms with Gasteiger partial charge in [0.05, 0.1) is 6.04 Å². The highest BCUT2D eigenvalue weighted by atomic mass is 16.3. The standard InChI is InChI=1S/C16H28N2O/c1-11(2)9-10-18(14-6-7-14)16(13(4)17)15-8-5-12(3)19-15/h5,8,11,13-14,16H,6-7,9-10,17H2,1-4H3. The van der Waals surface area contributed by atoms with Crippen LogP contribution in [0.1, 0.15) is 57.6 Å². The molecule has 2 N–H and O–H groups in total. The second-order valence-corrected chi connectivity index (χ2v) is 6.40. The van der Waals surface area contributed by atoms with E-state index in [1.807, 2.05) is 13.0 Å². The first-order chi connectivity index (χ1) is 8.99. The van der Waals surface area contributed by atoms with Gasteiger partial charge in [-0.05, 0) is 57.7 Å². The lowest BCUT2D eigenvalue weighted by molar-refractivity contribution is 0.137. The van der Waals surface area contributed by atoms with Crippen LogP contribution in [0.2, 0.25) is 0 Å². The molecule has 0 bridgehead atoms. The first-order valence-electron chi connectivity index (χ1n) is 7.56. The Morgan fingerprint density at radius 3 is 2.42 bits per heavy atom. The van der Waals surface area contributed by atoms with Crippen molar-refractivity contribution in [2.75, 3.05) is 6.54 Å². The van der Waals surface area contributed by atoms with E-state index in [2.05, 4.69) is 31.7 Å². The number of hydrogen-bond acceptors (Lipinski definition) is 3. The molecule has 0 spiro atoms. The fourth-order valence-electron chi connectivity index (χ4n) is 2.70. The lowest BCUT2D eigenvalue weighted by Crippen LogP contribution is -2.41. The fraction of sp³-hybridized carbons (Fsp3) is 0.750. The van der Waals surface area contributed by atoms with Crippen LogP contribution in [-0.4, -0.2) is 23.5 Å². The summed E-state index contributed by atoms with van der Waals surface area (Å²) in [6.45, 7) is 9.77. The van der Waals surface area contributed by atoms with E-state index >= 15 is 0 Å². The molecular formula is C16H28N2O. The second kappa shape index (κ2) is 6.10. The minimum atomic E-state index is 0.0957. The van der Waals surface area contributed by atoms with Crippen molar-refractivity contribution >= 4 is 0 Å². The number of rotatable bonds is 7. The van der Waals surface area contributed by atoms with Crippen molar-refractivity contribution in [2.45, 2.75) is 65.1 Å². The number of hydrogen-bond donors (Lipinski definition) is 1. The van der Waals surface area contributed by atoms with Gasteiger partial charge in [-0.15, -0.1) is 0 Å². The molecule has 108 valence electrons. The van der Waals surface area contributed by atoms with Gasteiger partial charge in [-0.25, -0.2) is 0 Å². The molecule has 1 aliphatic carbocycles. The third-order valence-corrected chi connectivity index (χ3v) is 3.89. The van der Waals surface area contributed by atoms with E-state index in [-0.39, 0.29) is 12.1 Å². The molecule has 0 aliphatic heterocycles. The van der Waals surface area contributed by atoms with Gasteiger partial charge in [0.15, 0.2) is 0 Å². The smallest absolute Gasteiger partial charge is 0.122 e. The molecule has 0 radical (unpaired) electrons. The normalized spacial score (nSPS) is 19.1. The first kappa shape index (κ1) is 14.6. The van der Waals surface area contributed by atoms with Gasteiger partial charge in [0.1, 0.15) is 11.5 Å². The summed E-state index contributed by atoms with van der Waals surface area (Å²) in [7, 11) is 0. The predicted molar refractivity (Wildman–Crippen MR) is 79.0 cm³/mol. The minimum Gasteiger partial charge on any atom is -0.465 e. The van der Waals surface area contributed by atoms with Gasteiger partial charge in [-0.1, -0.05) is 13.8 Å².